The zero-order valence-electron chi connectivity index (χ0n) is 11.5. The van der Waals surface area contributed by atoms with E-state index in [2.05, 4.69) is 10.6 Å². The van der Waals surface area contributed by atoms with Crippen LogP contribution in [0.2, 0.25) is 0 Å². The van der Waals surface area contributed by atoms with E-state index in [-0.39, 0.29) is 23.4 Å². The van der Waals surface area contributed by atoms with Crippen LogP contribution in [0.5, 0.6) is 0 Å². The highest BCUT2D eigenvalue weighted by molar-refractivity contribution is 5.96. The smallest absolute Gasteiger partial charge is 0.335 e. The number of carboxylic acid groups (broad SMARTS) is 1. The van der Waals surface area contributed by atoms with Gasteiger partial charge in [-0.25, -0.2) is 4.79 Å². The van der Waals surface area contributed by atoms with Crippen molar-refractivity contribution in [3.05, 3.63) is 29.3 Å². The highest BCUT2D eigenvalue weighted by Gasteiger charge is 2.33. The lowest BCUT2D eigenvalue weighted by atomic mass is 10.0. The molecule has 6 heteroatoms. The summed E-state index contributed by atoms with van der Waals surface area (Å²) in [6.07, 6.45) is 0. The van der Waals surface area contributed by atoms with Crippen molar-refractivity contribution in [1.82, 2.24) is 5.32 Å². The molecule has 2 atom stereocenters. The molecule has 0 aliphatic carbocycles. The van der Waals surface area contributed by atoms with Crippen molar-refractivity contribution in [2.45, 2.75) is 13.0 Å². The summed E-state index contributed by atoms with van der Waals surface area (Å²) in [5.74, 6) is -1.45. The van der Waals surface area contributed by atoms with Crippen molar-refractivity contribution in [3.8, 4) is 0 Å². The number of nitrogens with one attached hydrogen (secondary N) is 2. The topological polar surface area (TPSA) is 87.7 Å². The molecular weight excluding hydrogens is 260 g/mol. The molecule has 0 saturated carbocycles. The first-order chi connectivity index (χ1) is 9.52. The number of hydrogen-bond donors (Lipinski definition) is 3. The highest BCUT2D eigenvalue weighted by atomic mass is 16.5. The molecule has 1 aromatic carbocycles. The third-order valence-electron chi connectivity index (χ3n) is 3.53. The Morgan fingerprint density at radius 2 is 2.10 bits per heavy atom. The molecular formula is C14H18N2O4. The first kappa shape index (κ1) is 14.5. The Balaban J connectivity index is 2.15. The van der Waals surface area contributed by atoms with E-state index in [4.69, 9.17) is 9.84 Å². The third kappa shape index (κ3) is 2.97. The van der Waals surface area contributed by atoms with Crippen LogP contribution in [0.3, 0.4) is 0 Å². The van der Waals surface area contributed by atoms with Crippen LogP contribution in [0, 0.1) is 12.8 Å². The van der Waals surface area contributed by atoms with Gasteiger partial charge in [0.15, 0.2) is 0 Å². The lowest BCUT2D eigenvalue weighted by Gasteiger charge is -2.17. The van der Waals surface area contributed by atoms with Crippen LogP contribution in [0.4, 0.5) is 5.69 Å². The Morgan fingerprint density at radius 1 is 1.35 bits per heavy atom. The summed E-state index contributed by atoms with van der Waals surface area (Å²) < 4.78 is 5.29. The zero-order chi connectivity index (χ0) is 14.7. The van der Waals surface area contributed by atoms with Gasteiger partial charge in [-0.1, -0.05) is 6.07 Å². The Kier molecular flexibility index (Phi) is 4.36. The van der Waals surface area contributed by atoms with Crippen molar-refractivity contribution in [3.63, 3.8) is 0 Å². The Labute approximate surface area is 117 Å². The number of aromatic carboxylic acids is 1. The number of carbonyl (C=O) groups is 2. The van der Waals surface area contributed by atoms with E-state index in [1.807, 2.05) is 6.92 Å². The second-order valence-corrected chi connectivity index (χ2v) is 4.86. The Bertz CT molecular complexity index is 530. The van der Waals surface area contributed by atoms with Crippen LogP contribution in [0.15, 0.2) is 18.2 Å². The summed E-state index contributed by atoms with van der Waals surface area (Å²) >= 11 is 0. The van der Waals surface area contributed by atoms with E-state index >= 15 is 0 Å². The van der Waals surface area contributed by atoms with Crippen LogP contribution in [0.25, 0.3) is 0 Å². The van der Waals surface area contributed by atoms with Gasteiger partial charge in [0.05, 0.1) is 24.7 Å². The summed E-state index contributed by atoms with van der Waals surface area (Å²) in [6.45, 7) is 2.69. The van der Waals surface area contributed by atoms with Gasteiger partial charge in [0, 0.05) is 11.7 Å². The number of likely N-dealkylation sites (N-methyl/N-ethyl adjacent to an activating group) is 1. The lowest BCUT2D eigenvalue weighted by molar-refractivity contribution is -0.120. The number of amides is 1. The number of anilines is 1. The van der Waals surface area contributed by atoms with Crippen LogP contribution < -0.4 is 10.6 Å². The Morgan fingerprint density at radius 3 is 2.75 bits per heavy atom. The minimum absolute atomic E-state index is 0.0158. The first-order valence-corrected chi connectivity index (χ1v) is 6.42. The number of carboxylic acids is 1. The van der Waals surface area contributed by atoms with Gasteiger partial charge in [-0.2, -0.15) is 0 Å². The molecule has 0 radical (unpaired) electrons. The molecule has 1 aromatic rings. The maximum absolute atomic E-state index is 12.2. The van der Waals surface area contributed by atoms with Gasteiger partial charge in [-0.15, -0.1) is 0 Å². The van der Waals surface area contributed by atoms with Crippen molar-refractivity contribution in [2.24, 2.45) is 5.92 Å². The van der Waals surface area contributed by atoms with Gasteiger partial charge in [-0.3, -0.25) is 4.79 Å². The van der Waals surface area contributed by atoms with E-state index in [1.165, 1.54) is 12.1 Å². The van der Waals surface area contributed by atoms with Crippen molar-refractivity contribution < 1.29 is 19.4 Å². The second-order valence-electron chi connectivity index (χ2n) is 4.86. The standard InChI is InChI=1S/C14H18N2O4/c1-8-3-4-9(14(18)19)5-11(8)16-13(17)10-6-20-7-12(10)15-2/h3-5,10,12,15H,6-7H2,1-2H3,(H,16,17)(H,18,19). The van der Waals surface area contributed by atoms with Crippen molar-refractivity contribution in [2.75, 3.05) is 25.6 Å². The van der Waals surface area contributed by atoms with Crippen LogP contribution in [-0.2, 0) is 9.53 Å². The molecule has 1 aliphatic heterocycles. The summed E-state index contributed by atoms with van der Waals surface area (Å²) in [6, 6.07) is 4.65. The molecule has 1 amide bonds. The minimum atomic E-state index is -1.02. The second kappa shape index (κ2) is 6.02. The van der Waals surface area contributed by atoms with E-state index < -0.39 is 5.97 Å². The van der Waals surface area contributed by atoms with Crippen LogP contribution in [0.1, 0.15) is 15.9 Å². The molecule has 1 fully saturated rings. The first-order valence-electron chi connectivity index (χ1n) is 6.42. The maximum Gasteiger partial charge on any atom is 0.335 e. The van der Waals surface area contributed by atoms with Gasteiger partial charge in [0.1, 0.15) is 0 Å². The molecule has 0 spiro atoms. The fourth-order valence-electron chi connectivity index (χ4n) is 2.21. The lowest BCUT2D eigenvalue weighted by Crippen LogP contribution is -2.39. The van der Waals surface area contributed by atoms with Gasteiger partial charge in [0.2, 0.25) is 5.91 Å². The molecule has 1 heterocycles. The largest absolute Gasteiger partial charge is 0.478 e. The highest BCUT2D eigenvalue weighted by Crippen LogP contribution is 2.20. The SMILES string of the molecule is CNC1COCC1C(=O)Nc1cc(C(=O)O)ccc1C. The number of benzene rings is 1. The molecule has 3 N–H and O–H groups in total. The summed E-state index contributed by atoms with van der Waals surface area (Å²) in [7, 11) is 1.79. The minimum Gasteiger partial charge on any atom is -0.478 e. The van der Waals surface area contributed by atoms with Crippen molar-refractivity contribution >= 4 is 17.6 Å². The van der Waals surface area contributed by atoms with Crippen LogP contribution in [-0.4, -0.2) is 43.3 Å². The fraction of sp³-hybridized carbons (Fsp3) is 0.429. The predicted octanol–water partition coefficient (Wildman–Crippen LogP) is 0.866. The molecule has 0 bridgehead atoms. The monoisotopic (exact) mass is 278 g/mol. The number of hydrogen-bond acceptors (Lipinski definition) is 4. The average Bonchev–Trinajstić information content (AvgIpc) is 2.89. The van der Waals surface area contributed by atoms with Crippen LogP contribution >= 0.6 is 0 Å². The molecule has 1 aliphatic rings. The van der Waals surface area contributed by atoms with Gasteiger partial charge >= 0.3 is 5.97 Å². The van der Waals surface area contributed by atoms with E-state index in [9.17, 15) is 9.59 Å². The molecule has 2 rings (SSSR count). The average molecular weight is 278 g/mol. The third-order valence-corrected chi connectivity index (χ3v) is 3.53. The molecule has 6 nitrogen and oxygen atoms in total. The maximum atomic E-state index is 12.2. The van der Waals surface area contributed by atoms with Crippen molar-refractivity contribution in [1.29, 1.82) is 0 Å². The van der Waals surface area contributed by atoms with E-state index in [0.29, 0.717) is 18.9 Å². The Hall–Kier alpha value is -1.92. The molecule has 1 saturated heterocycles. The normalized spacial score (nSPS) is 21.7. The molecule has 108 valence electrons. The molecule has 2 unspecified atom stereocenters. The summed E-state index contributed by atoms with van der Waals surface area (Å²) in [5.41, 5.74) is 1.50. The quantitative estimate of drug-likeness (QED) is 0.760. The van der Waals surface area contributed by atoms with E-state index in [0.717, 1.165) is 5.56 Å². The number of aryl methyl sites for hydroxylation is 1. The number of carbonyl (C=O) groups excluding carboxylic acids is 1. The zero-order valence-corrected chi connectivity index (χ0v) is 11.5. The fourth-order valence-corrected chi connectivity index (χ4v) is 2.21. The summed E-state index contributed by atoms with van der Waals surface area (Å²) in [4.78, 5) is 23.2. The summed E-state index contributed by atoms with van der Waals surface area (Å²) in [5, 5.41) is 14.8. The number of rotatable bonds is 4. The van der Waals surface area contributed by atoms with Gasteiger partial charge < -0.3 is 20.5 Å². The molecule has 20 heavy (non-hydrogen) atoms. The van der Waals surface area contributed by atoms with E-state index in [1.54, 1.807) is 13.1 Å². The van der Waals surface area contributed by atoms with Gasteiger partial charge in [-0.05, 0) is 31.7 Å². The predicted molar refractivity (Wildman–Crippen MR) is 73.9 cm³/mol. The van der Waals surface area contributed by atoms with Gasteiger partial charge in [0.25, 0.3) is 0 Å². The number of ether oxygens (including phenoxy) is 1. The molecule has 0 aromatic heterocycles.